The molecule has 0 saturated carbocycles. The van der Waals surface area contributed by atoms with Crippen molar-refractivity contribution in [3.05, 3.63) is 63.7 Å². The van der Waals surface area contributed by atoms with E-state index in [0.29, 0.717) is 30.0 Å². The molecule has 0 N–H and O–H groups in total. The van der Waals surface area contributed by atoms with Gasteiger partial charge in [0.1, 0.15) is 5.75 Å². The molecule has 1 aliphatic rings. The molecule has 0 atom stereocenters. The minimum absolute atomic E-state index is 0.143. The van der Waals surface area contributed by atoms with Gasteiger partial charge in [-0.2, -0.15) is 0 Å². The Labute approximate surface area is 180 Å². The van der Waals surface area contributed by atoms with Crippen molar-refractivity contribution >= 4 is 22.4 Å². The Balaban J connectivity index is 1.57. The van der Waals surface area contributed by atoms with Crippen LogP contribution < -0.4 is 15.2 Å². The van der Waals surface area contributed by atoms with E-state index in [-0.39, 0.29) is 11.3 Å². The minimum atomic E-state index is -4.72. The molecule has 0 radical (unpaired) electrons. The Morgan fingerprint density at radius 2 is 1.94 bits per heavy atom. The highest BCUT2D eigenvalue weighted by atomic mass is 19.4. The van der Waals surface area contributed by atoms with Crippen molar-refractivity contribution in [3.63, 3.8) is 0 Å². The molecule has 32 heavy (non-hydrogen) atoms. The van der Waals surface area contributed by atoms with Gasteiger partial charge in [0.2, 0.25) is 5.78 Å². The first-order chi connectivity index (χ1) is 15.2. The lowest BCUT2D eigenvalue weighted by atomic mass is 10.0. The van der Waals surface area contributed by atoms with Crippen LogP contribution in [0.3, 0.4) is 0 Å². The maximum Gasteiger partial charge on any atom is 0.573 e. The third-order valence-electron chi connectivity index (χ3n) is 5.77. The van der Waals surface area contributed by atoms with Crippen molar-refractivity contribution in [2.24, 2.45) is 7.05 Å². The van der Waals surface area contributed by atoms with E-state index in [1.54, 1.807) is 13.1 Å². The molecule has 166 valence electrons. The normalized spacial score (nSPS) is 14.2. The second-order valence-electron chi connectivity index (χ2n) is 8.00. The Bertz CT molecular complexity index is 1410. The van der Waals surface area contributed by atoms with Crippen LogP contribution in [0.15, 0.2) is 41.2 Å². The average Bonchev–Trinajstić information content (AvgIpc) is 3.14. The van der Waals surface area contributed by atoms with E-state index < -0.39 is 6.36 Å². The smallest absolute Gasteiger partial charge is 0.406 e. The summed E-state index contributed by atoms with van der Waals surface area (Å²) in [6.07, 6.45) is -3.27. The van der Waals surface area contributed by atoms with Gasteiger partial charge in [-0.15, -0.1) is 23.4 Å². The van der Waals surface area contributed by atoms with E-state index in [0.717, 1.165) is 35.3 Å². The van der Waals surface area contributed by atoms with Crippen molar-refractivity contribution in [3.8, 4) is 5.75 Å². The number of aromatic nitrogens is 4. The third kappa shape index (κ3) is 3.45. The van der Waals surface area contributed by atoms with Gasteiger partial charge in [-0.1, -0.05) is 11.6 Å². The van der Waals surface area contributed by atoms with Crippen LogP contribution in [0.4, 0.5) is 18.9 Å². The van der Waals surface area contributed by atoms with Crippen LogP contribution >= 0.6 is 0 Å². The Morgan fingerprint density at radius 3 is 2.72 bits per heavy atom. The van der Waals surface area contributed by atoms with Gasteiger partial charge in [-0.3, -0.25) is 13.8 Å². The number of fused-ring (bicyclic) bond motifs is 4. The number of hydrogen-bond donors (Lipinski definition) is 0. The molecule has 7 nitrogen and oxygen atoms in total. The van der Waals surface area contributed by atoms with Gasteiger partial charge in [-0.05, 0) is 55.7 Å². The topological polar surface area (TPSA) is 64.7 Å². The maximum absolute atomic E-state index is 12.8. The fourth-order valence-electron chi connectivity index (χ4n) is 4.34. The molecule has 10 heteroatoms. The predicted octanol–water partition coefficient (Wildman–Crippen LogP) is 3.74. The summed E-state index contributed by atoms with van der Waals surface area (Å²) in [5.74, 6) is 0.864. The van der Waals surface area contributed by atoms with E-state index in [1.807, 2.05) is 29.5 Å². The summed E-state index contributed by atoms with van der Waals surface area (Å²) >= 11 is 0. The van der Waals surface area contributed by atoms with Crippen LogP contribution in [0.2, 0.25) is 0 Å². The van der Waals surface area contributed by atoms with Gasteiger partial charge in [-0.25, -0.2) is 0 Å². The molecule has 1 aliphatic heterocycles. The number of anilines is 1. The summed E-state index contributed by atoms with van der Waals surface area (Å²) in [4.78, 5) is 14.8. The number of alkyl halides is 3. The quantitative estimate of drug-likeness (QED) is 0.483. The van der Waals surface area contributed by atoms with Crippen LogP contribution in [0.5, 0.6) is 5.75 Å². The van der Waals surface area contributed by atoms with E-state index in [1.165, 1.54) is 16.7 Å². The van der Waals surface area contributed by atoms with Crippen LogP contribution in [-0.4, -0.2) is 32.1 Å². The third-order valence-corrected chi connectivity index (χ3v) is 5.77. The molecular formula is C22H20F3N5O2. The second-order valence-corrected chi connectivity index (χ2v) is 8.00. The van der Waals surface area contributed by atoms with Crippen molar-refractivity contribution < 1.29 is 17.9 Å². The van der Waals surface area contributed by atoms with E-state index in [2.05, 4.69) is 19.8 Å². The summed E-state index contributed by atoms with van der Waals surface area (Å²) in [6.45, 7) is 3.05. The molecule has 3 heterocycles. The van der Waals surface area contributed by atoms with Gasteiger partial charge >= 0.3 is 6.36 Å². The lowest BCUT2D eigenvalue weighted by Gasteiger charge is -2.31. The van der Waals surface area contributed by atoms with Gasteiger partial charge < -0.3 is 9.64 Å². The van der Waals surface area contributed by atoms with Crippen LogP contribution in [0.1, 0.15) is 23.4 Å². The number of hydrogen-bond acceptors (Lipinski definition) is 5. The van der Waals surface area contributed by atoms with Gasteiger partial charge in [0, 0.05) is 19.3 Å². The summed E-state index contributed by atoms with van der Waals surface area (Å²) < 4.78 is 45.2. The largest absolute Gasteiger partial charge is 0.573 e. The number of rotatable bonds is 3. The monoisotopic (exact) mass is 443 g/mol. The number of nitrogens with zero attached hydrogens (tertiary/aromatic N) is 5. The van der Waals surface area contributed by atoms with Crippen LogP contribution in [0.25, 0.3) is 16.7 Å². The van der Waals surface area contributed by atoms with Crippen molar-refractivity contribution in [2.75, 3.05) is 11.4 Å². The summed E-state index contributed by atoms with van der Waals surface area (Å²) in [5, 5.41) is 9.15. The van der Waals surface area contributed by atoms with E-state index in [4.69, 9.17) is 0 Å². The fourth-order valence-corrected chi connectivity index (χ4v) is 4.34. The predicted molar refractivity (Wildman–Crippen MR) is 113 cm³/mol. The zero-order valence-electron chi connectivity index (χ0n) is 17.5. The molecule has 0 bridgehead atoms. The van der Waals surface area contributed by atoms with Crippen LogP contribution in [0, 0.1) is 6.92 Å². The molecule has 4 aromatic rings. The Hall–Kier alpha value is -3.56. The maximum atomic E-state index is 12.8. The lowest BCUT2D eigenvalue weighted by Crippen LogP contribution is -2.30. The molecule has 2 aromatic carbocycles. The first-order valence-electron chi connectivity index (χ1n) is 10.2. The van der Waals surface area contributed by atoms with Gasteiger partial charge in [0.05, 0.1) is 17.4 Å². The zero-order chi connectivity index (χ0) is 22.6. The Morgan fingerprint density at radius 1 is 1.12 bits per heavy atom. The fraction of sp³-hybridized carbons (Fsp3) is 0.318. The molecule has 0 fully saturated rings. The first-order valence-corrected chi connectivity index (χ1v) is 10.2. The number of ether oxygens (including phenoxy) is 1. The molecule has 0 spiro atoms. The SMILES string of the molecule is Cc1ccc2c(c1)c(=O)n(C)c1nnc(CN3CCCc4cc(OC(F)(F)F)ccc43)n21. The molecule has 0 aliphatic carbocycles. The van der Waals surface area contributed by atoms with Crippen LogP contribution in [-0.2, 0) is 20.0 Å². The molecule has 5 rings (SSSR count). The lowest BCUT2D eigenvalue weighted by molar-refractivity contribution is -0.274. The Kier molecular flexibility index (Phi) is 4.61. The standard InChI is InChI=1S/C22H20F3N5O2/c1-13-5-7-18-16(10-13)20(31)28(2)21-27-26-19(30(18)21)12-29-9-3-4-14-11-15(6-8-17(14)29)32-22(23,24)25/h5-8,10-11H,3-4,9,12H2,1-2H3. The van der Waals surface area contributed by atoms with E-state index in [9.17, 15) is 18.0 Å². The van der Waals surface area contributed by atoms with Crippen molar-refractivity contribution in [1.29, 1.82) is 0 Å². The summed E-state index contributed by atoms with van der Waals surface area (Å²) in [7, 11) is 1.66. The first kappa shape index (κ1) is 20.3. The number of benzene rings is 2. The number of halogens is 3. The highest BCUT2D eigenvalue weighted by molar-refractivity contribution is 5.81. The van der Waals surface area contributed by atoms with E-state index >= 15 is 0 Å². The minimum Gasteiger partial charge on any atom is -0.406 e. The summed E-state index contributed by atoms with van der Waals surface area (Å²) in [5.41, 5.74) is 3.19. The zero-order valence-corrected chi connectivity index (χ0v) is 17.5. The molecular weight excluding hydrogens is 423 g/mol. The molecule has 0 unspecified atom stereocenters. The number of aryl methyl sites for hydroxylation is 3. The average molecular weight is 443 g/mol. The second kappa shape index (κ2) is 7.25. The van der Waals surface area contributed by atoms with Gasteiger partial charge in [0.15, 0.2) is 5.82 Å². The highest BCUT2D eigenvalue weighted by Gasteiger charge is 2.31. The molecule has 2 aromatic heterocycles. The van der Waals surface area contributed by atoms with Crippen molar-refractivity contribution in [1.82, 2.24) is 19.2 Å². The highest BCUT2D eigenvalue weighted by Crippen LogP contribution is 2.33. The van der Waals surface area contributed by atoms with Crippen molar-refractivity contribution in [2.45, 2.75) is 32.7 Å². The van der Waals surface area contributed by atoms with Gasteiger partial charge in [0.25, 0.3) is 5.56 Å². The molecule has 0 saturated heterocycles. The summed E-state index contributed by atoms with van der Waals surface area (Å²) in [6, 6.07) is 10.1. The molecule has 0 amide bonds.